The second kappa shape index (κ2) is 7.50. The summed E-state index contributed by atoms with van der Waals surface area (Å²) in [6.45, 7) is 11.7. The van der Waals surface area contributed by atoms with Crippen LogP contribution < -0.4 is 10.5 Å². The maximum absolute atomic E-state index is 15.2. The highest BCUT2D eigenvalue weighted by Gasteiger charge is 2.36. The first-order chi connectivity index (χ1) is 14.2. The van der Waals surface area contributed by atoms with Crippen molar-refractivity contribution in [2.45, 2.75) is 52.6 Å². The number of aromatic nitrogens is 4. The van der Waals surface area contributed by atoms with Crippen molar-refractivity contribution in [1.82, 2.24) is 24.6 Å². The van der Waals surface area contributed by atoms with E-state index in [-0.39, 0.29) is 17.8 Å². The topological polar surface area (TPSA) is 82.1 Å². The first kappa shape index (κ1) is 20.5. The Morgan fingerprint density at radius 2 is 1.90 bits per heavy atom. The number of nitrogen functional groups attached to an aromatic ring is 1. The molecule has 0 spiro atoms. The number of anilines is 1. The first-order valence-corrected chi connectivity index (χ1v) is 10.3. The lowest BCUT2D eigenvalue weighted by atomic mass is 9.85. The molecule has 1 aromatic carbocycles. The van der Waals surface area contributed by atoms with Gasteiger partial charge in [0.2, 0.25) is 0 Å². The average molecular weight is 413 g/mol. The SMILES string of the molecule is COc1c(C(C)n2nc(C)c3c(N)ncnc32)cc(C)c(F)c1C1CN(C(C)C)C1. The summed E-state index contributed by atoms with van der Waals surface area (Å²) >= 11 is 0. The minimum Gasteiger partial charge on any atom is -0.496 e. The fourth-order valence-electron chi connectivity index (χ4n) is 4.42. The number of hydrogen-bond acceptors (Lipinski definition) is 6. The van der Waals surface area contributed by atoms with Crippen LogP contribution in [0.15, 0.2) is 12.4 Å². The van der Waals surface area contributed by atoms with Crippen LogP contribution in [0, 0.1) is 19.7 Å². The van der Waals surface area contributed by atoms with E-state index >= 15 is 4.39 Å². The number of aryl methyl sites for hydroxylation is 2. The van der Waals surface area contributed by atoms with E-state index in [0.29, 0.717) is 34.4 Å². The molecule has 0 aliphatic carbocycles. The van der Waals surface area contributed by atoms with E-state index in [1.54, 1.807) is 14.0 Å². The third-order valence-corrected chi connectivity index (χ3v) is 6.22. The molecule has 3 aromatic rings. The van der Waals surface area contributed by atoms with Crippen molar-refractivity contribution < 1.29 is 9.13 Å². The van der Waals surface area contributed by atoms with Crippen LogP contribution in [0.2, 0.25) is 0 Å². The number of ether oxygens (including phenoxy) is 1. The van der Waals surface area contributed by atoms with Gasteiger partial charge < -0.3 is 10.5 Å². The fraction of sp³-hybridized carbons (Fsp3) is 0.500. The van der Waals surface area contributed by atoms with Crippen molar-refractivity contribution in [3.8, 4) is 5.75 Å². The number of halogens is 1. The molecule has 1 aliphatic rings. The van der Waals surface area contributed by atoms with E-state index in [9.17, 15) is 0 Å². The van der Waals surface area contributed by atoms with Gasteiger partial charge in [0.25, 0.3) is 0 Å². The van der Waals surface area contributed by atoms with Gasteiger partial charge in [0, 0.05) is 36.2 Å². The van der Waals surface area contributed by atoms with Gasteiger partial charge in [-0.3, -0.25) is 4.90 Å². The quantitative estimate of drug-likeness (QED) is 0.690. The van der Waals surface area contributed by atoms with Crippen molar-refractivity contribution >= 4 is 16.9 Å². The molecule has 1 saturated heterocycles. The molecule has 7 nitrogen and oxygen atoms in total. The van der Waals surface area contributed by atoms with Crippen molar-refractivity contribution in [2.24, 2.45) is 0 Å². The predicted octanol–water partition coefficient (Wildman–Crippen LogP) is 3.59. The number of nitrogens with zero attached hydrogens (tertiary/aromatic N) is 5. The van der Waals surface area contributed by atoms with Crippen LogP contribution in [-0.2, 0) is 0 Å². The molecule has 0 bridgehead atoms. The Balaban J connectivity index is 1.83. The number of rotatable bonds is 5. The van der Waals surface area contributed by atoms with E-state index in [1.807, 2.05) is 24.6 Å². The van der Waals surface area contributed by atoms with Gasteiger partial charge >= 0.3 is 0 Å². The van der Waals surface area contributed by atoms with Gasteiger partial charge in [-0.1, -0.05) is 0 Å². The molecule has 0 radical (unpaired) electrons. The van der Waals surface area contributed by atoms with Crippen LogP contribution in [0.3, 0.4) is 0 Å². The number of hydrogen-bond donors (Lipinski definition) is 1. The van der Waals surface area contributed by atoms with Gasteiger partial charge in [0.1, 0.15) is 23.7 Å². The Morgan fingerprint density at radius 3 is 2.53 bits per heavy atom. The Hall–Kier alpha value is -2.74. The second-order valence-corrected chi connectivity index (χ2v) is 8.45. The second-order valence-electron chi connectivity index (χ2n) is 8.45. The zero-order valence-corrected chi connectivity index (χ0v) is 18.4. The summed E-state index contributed by atoms with van der Waals surface area (Å²) < 4.78 is 22.9. The summed E-state index contributed by atoms with van der Waals surface area (Å²) in [6.07, 6.45) is 1.44. The first-order valence-electron chi connectivity index (χ1n) is 10.3. The highest BCUT2D eigenvalue weighted by Crippen LogP contribution is 2.42. The summed E-state index contributed by atoms with van der Waals surface area (Å²) in [5, 5.41) is 5.42. The van der Waals surface area contributed by atoms with E-state index in [2.05, 4.69) is 33.8 Å². The van der Waals surface area contributed by atoms with E-state index in [1.165, 1.54) is 6.33 Å². The van der Waals surface area contributed by atoms with E-state index < -0.39 is 0 Å². The standard InChI is InChI=1S/C22H29FN6O/c1-11(2)28-8-15(9-28)18-19(23)12(3)7-16(20(18)30-6)14(5)29-22-17(13(4)27-29)21(24)25-10-26-22/h7,10-11,14-15H,8-9H2,1-6H3,(H2,24,25,26). The Labute approximate surface area is 176 Å². The molecule has 1 aliphatic heterocycles. The van der Waals surface area contributed by atoms with Crippen LogP contribution >= 0.6 is 0 Å². The Kier molecular flexibility index (Phi) is 5.13. The molecule has 1 unspecified atom stereocenters. The summed E-state index contributed by atoms with van der Waals surface area (Å²) in [7, 11) is 1.61. The molecule has 2 N–H and O–H groups in total. The summed E-state index contributed by atoms with van der Waals surface area (Å²) in [5.41, 5.74) is 9.64. The summed E-state index contributed by atoms with van der Waals surface area (Å²) in [6, 6.07) is 2.08. The lowest BCUT2D eigenvalue weighted by Crippen LogP contribution is -2.49. The Bertz CT molecular complexity index is 1100. The lowest BCUT2D eigenvalue weighted by Gasteiger charge is -2.43. The number of methoxy groups -OCH3 is 1. The van der Waals surface area contributed by atoms with Crippen molar-refractivity contribution in [3.05, 3.63) is 40.6 Å². The van der Waals surface area contributed by atoms with E-state index in [0.717, 1.165) is 29.7 Å². The summed E-state index contributed by atoms with van der Waals surface area (Å²) in [5.74, 6) is 0.941. The molecule has 4 rings (SSSR count). The largest absolute Gasteiger partial charge is 0.496 e. The number of benzene rings is 1. The molecule has 30 heavy (non-hydrogen) atoms. The molecular weight excluding hydrogens is 383 g/mol. The van der Waals surface area contributed by atoms with Crippen LogP contribution in [0.1, 0.15) is 55.1 Å². The van der Waals surface area contributed by atoms with Crippen LogP contribution in [0.4, 0.5) is 10.2 Å². The zero-order valence-electron chi connectivity index (χ0n) is 18.4. The molecule has 0 amide bonds. The van der Waals surface area contributed by atoms with E-state index in [4.69, 9.17) is 10.5 Å². The van der Waals surface area contributed by atoms with Gasteiger partial charge in [-0.25, -0.2) is 19.0 Å². The molecule has 2 aromatic heterocycles. The number of likely N-dealkylation sites (tertiary alicyclic amines) is 1. The van der Waals surface area contributed by atoms with Crippen LogP contribution in [0.5, 0.6) is 5.75 Å². The maximum atomic E-state index is 15.2. The molecule has 1 atom stereocenters. The summed E-state index contributed by atoms with van der Waals surface area (Å²) in [4.78, 5) is 10.8. The molecule has 3 heterocycles. The minimum absolute atomic E-state index is 0.113. The molecule has 0 saturated carbocycles. The van der Waals surface area contributed by atoms with Crippen molar-refractivity contribution in [1.29, 1.82) is 0 Å². The molecule has 1 fully saturated rings. The van der Waals surface area contributed by atoms with Gasteiger partial charge in [-0.05, 0) is 46.2 Å². The van der Waals surface area contributed by atoms with Crippen LogP contribution in [-0.4, -0.2) is 50.9 Å². The third kappa shape index (κ3) is 3.10. The molecular formula is C22H29FN6O. The lowest BCUT2D eigenvalue weighted by molar-refractivity contribution is 0.106. The maximum Gasteiger partial charge on any atom is 0.164 e. The number of nitrogens with two attached hydrogens (primary N) is 1. The average Bonchev–Trinajstić information content (AvgIpc) is 3.00. The van der Waals surface area contributed by atoms with Gasteiger partial charge in [-0.15, -0.1) is 0 Å². The third-order valence-electron chi connectivity index (χ3n) is 6.22. The van der Waals surface area contributed by atoms with Gasteiger partial charge in [0.15, 0.2) is 5.65 Å². The highest BCUT2D eigenvalue weighted by atomic mass is 19.1. The predicted molar refractivity (Wildman–Crippen MR) is 115 cm³/mol. The van der Waals surface area contributed by atoms with Crippen molar-refractivity contribution in [3.63, 3.8) is 0 Å². The minimum atomic E-state index is -0.218. The number of fused-ring (bicyclic) bond motifs is 1. The molecule has 8 heteroatoms. The van der Waals surface area contributed by atoms with Gasteiger partial charge in [-0.2, -0.15) is 5.10 Å². The smallest absolute Gasteiger partial charge is 0.164 e. The van der Waals surface area contributed by atoms with Crippen molar-refractivity contribution in [2.75, 3.05) is 25.9 Å². The highest BCUT2D eigenvalue weighted by molar-refractivity contribution is 5.88. The van der Waals surface area contributed by atoms with Gasteiger partial charge in [0.05, 0.1) is 24.2 Å². The normalized spacial score (nSPS) is 16.3. The Morgan fingerprint density at radius 1 is 1.20 bits per heavy atom. The molecule has 160 valence electrons. The fourth-order valence-corrected chi connectivity index (χ4v) is 4.42. The zero-order chi connectivity index (χ0) is 21.7. The van der Waals surface area contributed by atoms with Crippen LogP contribution in [0.25, 0.3) is 11.0 Å². The monoisotopic (exact) mass is 412 g/mol.